The molecule has 0 aromatic heterocycles. The lowest BCUT2D eigenvalue weighted by Crippen LogP contribution is -2.46. The summed E-state index contributed by atoms with van der Waals surface area (Å²) >= 11 is 1.19. The van der Waals surface area contributed by atoms with Gasteiger partial charge in [-0.1, -0.05) is 0 Å². The van der Waals surface area contributed by atoms with Gasteiger partial charge in [0.2, 0.25) is 0 Å². The first-order chi connectivity index (χ1) is 9.88. The van der Waals surface area contributed by atoms with E-state index in [0.717, 1.165) is 6.07 Å². The van der Waals surface area contributed by atoms with Crippen LogP contribution in [0, 0.1) is 0 Å². The lowest BCUT2D eigenvalue weighted by molar-refractivity contribution is -0.140. The Hall–Kier alpha value is -2.35. The number of carbonyl (C=O) groups excluding carboxylic acids is 2. The standard InChI is InChI=1S/C13H11NO6S/c1-21-5-9(13(19)20)14-10(15)7-3-2-6(12(17)18)4-8(7)11(14)16/h2-4,9H,5H2,1H3,(H,17,18)(H,19,20)/t9-/m0/s1. The number of imide groups is 1. The molecule has 1 aromatic rings. The van der Waals surface area contributed by atoms with Crippen LogP contribution < -0.4 is 0 Å². The number of carbonyl (C=O) groups is 4. The van der Waals surface area contributed by atoms with Crippen molar-refractivity contribution in [3.8, 4) is 0 Å². The summed E-state index contributed by atoms with van der Waals surface area (Å²) in [5.41, 5.74) is -0.182. The van der Waals surface area contributed by atoms with Crippen LogP contribution in [0.25, 0.3) is 0 Å². The maximum absolute atomic E-state index is 12.2. The van der Waals surface area contributed by atoms with Crippen molar-refractivity contribution in [2.45, 2.75) is 6.04 Å². The molecule has 0 spiro atoms. The number of carboxylic acid groups (broad SMARTS) is 2. The Bertz CT molecular complexity index is 656. The summed E-state index contributed by atoms with van der Waals surface area (Å²) in [6.07, 6.45) is 1.66. The molecule has 0 unspecified atom stereocenters. The third kappa shape index (κ3) is 2.49. The lowest BCUT2D eigenvalue weighted by Gasteiger charge is -2.21. The molecular weight excluding hydrogens is 298 g/mol. The molecule has 1 heterocycles. The Morgan fingerprint density at radius 1 is 1.19 bits per heavy atom. The molecule has 2 amide bonds. The van der Waals surface area contributed by atoms with E-state index < -0.39 is 29.8 Å². The van der Waals surface area contributed by atoms with Crippen molar-refractivity contribution in [2.24, 2.45) is 0 Å². The maximum Gasteiger partial charge on any atom is 0.335 e. The smallest absolute Gasteiger partial charge is 0.335 e. The molecule has 21 heavy (non-hydrogen) atoms. The van der Waals surface area contributed by atoms with Crippen LogP contribution in [0.4, 0.5) is 0 Å². The summed E-state index contributed by atoms with van der Waals surface area (Å²) in [5.74, 6) is -3.94. The lowest BCUT2D eigenvalue weighted by atomic mass is 10.1. The molecule has 0 aliphatic carbocycles. The average Bonchev–Trinajstić information content (AvgIpc) is 2.68. The molecule has 7 nitrogen and oxygen atoms in total. The highest BCUT2D eigenvalue weighted by Gasteiger charge is 2.42. The monoisotopic (exact) mass is 309 g/mol. The number of aromatic carboxylic acids is 1. The summed E-state index contributed by atoms with van der Waals surface area (Å²) in [5, 5.41) is 18.1. The highest BCUT2D eigenvalue weighted by Crippen LogP contribution is 2.27. The van der Waals surface area contributed by atoms with Crippen molar-refractivity contribution >= 4 is 35.5 Å². The average molecular weight is 309 g/mol. The summed E-state index contributed by atoms with van der Waals surface area (Å²) in [6.45, 7) is 0. The predicted octanol–water partition coefficient (Wildman–Crippen LogP) is 0.797. The summed E-state index contributed by atoms with van der Waals surface area (Å²) in [6, 6.07) is 2.26. The summed E-state index contributed by atoms with van der Waals surface area (Å²) in [4.78, 5) is 47.3. The molecular formula is C13H11NO6S. The fourth-order valence-corrected chi connectivity index (χ4v) is 2.70. The molecule has 0 saturated heterocycles. The highest BCUT2D eigenvalue weighted by molar-refractivity contribution is 7.98. The fourth-order valence-electron chi connectivity index (χ4n) is 2.09. The molecule has 8 heteroatoms. The first-order valence-corrected chi connectivity index (χ1v) is 7.24. The number of benzene rings is 1. The molecule has 2 rings (SSSR count). The molecule has 0 saturated carbocycles. The molecule has 0 fully saturated rings. The zero-order chi connectivity index (χ0) is 15.7. The van der Waals surface area contributed by atoms with Gasteiger partial charge >= 0.3 is 11.9 Å². The fraction of sp³-hybridized carbons (Fsp3) is 0.231. The molecule has 110 valence electrons. The van der Waals surface area contributed by atoms with Gasteiger partial charge in [0.25, 0.3) is 11.8 Å². The number of carboxylic acids is 2. The minimum Gasteiger partial charge on any atom is -0.480 e. The second-order valence-corrected chi connectivity index (χ2v) is 5.27. The number of hydrogen-bond donors (Lipinski definition) is 2. The van der Waals surface area contributed by atoms with Crippen molar-refractivity contribution in [3.63, 3.8) is 0 Å². The first kappa shape index (κ1) is 15.0. The number of fused-ring (bicyclic) bond motifs is 1. The van der Waals surface area contributed by atoms with Gasteiger partial charge in [0.05, 0.1) is 16.7 Å². The first-order valence-electron chi connectivity index (χ1n) is 5.85. The van der Waals surface area contributed by atoms with Gasteiger partial charge in [-0.3, -0.25) is 14.5 Å². The van der Waals surface area contributed by atoms with Gasteiger partial charge in [-0.2, -0.15) is 11.8 Å². The zero-order valence-electron chi connectivity index (χ0n) is 10.9. The molecule has 0 radical (unpaired) electrons. The second kappa shape index (κ2) is 5.57. The Labute approximate surface area is 123 Å². The highest BCUT2D eigenvalue weighted by atomic mass is 32.2. The Morgan fingerprint density at radius 3 is 2.33 bits per heavy atom. The van der Waals surface area contributed by atoms with E-state index in [1.807, 2.05) is 0 Å². The van der Waals surface area contributed by atoms with Crippen molar-refractivity contribution in [1.82, 2.24) is 4.90 Å². The van der Waals surface area contributed by atoms with Crippen LogP contribution in [-0.2, 0) is 4.79 Å². The Balaban J connectivity index is 2.46. The molecule has 1 aliphatic heterocycles. The van der Waals surface area contributed by atoms with E-state index >= 15 is 0 Å². The number of rotatable bonds is 5. The van der Waals surface area contributed by atoms with Crippen LogP contribution in [-0.4, -0.2) is 56.9 Å². The zero-order valence-corrected chi connectivity index (χ0v) is 11.7. The van der Waals surface area contributed by atoms with Crippen LogP contribution >= 0.6 is 11.8 Å². The van der Waals surface area contributed by atoms with Crippen molar-refractivity contribution < 1.29 is 29.4 Å². The largest absolute Gasteiger partial charge is 0.480 e. The summed E-state index contributed by atoms with van der Waals surface area (Å²) < 4.78 is 0. The van der Waals surface area contributed by atoms with Gasteiger partial charge in [0.15, 0.2) is 0 Å². The third-order valence-electron chi connectivity index (χ3n) is 3.09. The van der Waals surface area contributed by atoms with Crippen LogP contribution in [0.5, 0.6) is 0 Å². The maximum atomic E-state index is 12.2. The summed E-state index contributed by atoms with van der Waals surface area (Å²) in [7, 11) is 0. The van der Waals surface area contributed by atoms with E-state index in [1.54, 1.807) is 6.26 Å². The van der Waals surface area contributed by atoms with Crippen molar-refractivity contribution in [2.75, 3.05) is 12.0 Å². The van der Waals surface area contributed by atoms with Crippen LogP contribution in [0.3, 0.4) is 0 Å². The third-order valence-corrected chi connectivity index (χ3v) is 3.74. The van der Waals surface area contributed by atoms with E-state index in [-0.39, 0.29) is 22.4 Å². The Kier molecular flexibility index (Phi) is 3.99. The number of nitrogens with zero attached hydrogens (tertiary/aromatic N) is 1. The van der Waals surface area contributed by atoms with Gasteiger partial charge in [0.1, 0.15) is 6.04 Å². The van der Waals surface area contributed by atoms with Gasteiger partial charge in [-0.05, 0) is 24.5 Å². The minimum absolute atomic E-state index is 0.0253. The minimum atomic E-state index is -1.28. The van der Waals surface area contributed by atoms with Gasteiger partial charge in [-0.15, -0.1) is 0 Å². The second-order valence-electron chi connectivity index (χ2n) is 4.36. The quantitative estimate of drug-likeness (QED) is 0.773. The van der Waals surface area contributed by atoms with Crippen LogP contribution in [0.2, 0.25) is 0 Å². The van der Waals surface area contributed by atoms with E-state index in [0.29, 0.717) is 4.90 Å². The topological polar surface area (TPSA) is 112 Å². The number of amides is 2. The Morgan fingerprint density at radius 2 is 1.81 bits per heavy atom. The van der Waals surface area contributed by atoms with E-state index in [1.165, 1.54) is 23.9 Å². The van der Waals surface area contributed by atoms with Gasteiger partial charge in [0, 0.05) is 5.75 Å². The van der Waals surface area contributed by atoms with Crippen LogP contribution in [0.15, 0.2) is 18.2 Å². The van der Waals surface area contributed by atoms with Gasteiger partial charge in [-0.25, -0.2) is 9.59 Å². The number of aliphatic carboxylic acids is 1. The van der Waals surface area contributed by atoms with Crippen LogP contribution in [0.1, 0.15) is 31.1 Å². The predicted molar refractivity (Wildman–Crippen MR) is 73.7 cm³/mol. The number of hydrogen-bond acceptors (Lipinski definition) is 5. The van der Waals surface area contributed by atoms with E-state index in [9.17, 15) is 19.2 Å². The molecule has 1 aromatic carbocycles. The van der Waals surface area contributed by atoms with E-state index in [4.69, 9.17) is 10.2 Å². The SMILES string of the molecule is CSC[C@@H](C(=O)O)N1C(=O)c2ccc(C(=O)O)cc2C1=O. The normalized spacial score (nSPS) is 15.0. The van der Waals surface area contributed by atoms with Gasteiger partial charge < -0.3 is 10.2 Å². The molecule has 0 bridgehead atoms. The van der Waals surface area contributed by atoms with Crippen molar-refractivity contribution in [3.05, 3.63) is 34.9 Å². The molecule has 1 atom stereocenters. The molecule has 1 aliphatic rings. The van der Waals surface area contributed by atoms with E-state index in [2.05, 4.69) is 0 Å². The number of thioether (sulfide) groups is 1. The van der Waals surface area contributed by atoms with Crippen molar-refractivity contribution in [1.29, 1.82) is 0 Å². The molecule has 2 N–H and O–H groups in total.